The molecule has 1 amide bonds. The number of nitrogens with zero attached hydrogens (tertiary/aromatic N) is 5. The topological polar surface area (TPSA) is 93.8 Å². The Balaban J connectivity index is 1.50. The van der Waals surface area contributed by atoms with Crippen molar-refractivity contribution in [2.75, 3.05) is 30.4 Å². The summed E-state index contributed by atoms with van der Waals surface area (Å²) >= 11 is 0. The third-order valence-electron chi connectivity index (χ3n) is 5.09. The largest absolute Gasteiger partial charge is 0.497 e. The van der Waals surface area contributed by atoms with E-state index in [1.54, 1.807) is 37.6 Å². The standard InChI is InChI=1S/C20H24N6O3/c1-14-4-3-10-24(12-14)17-9-11-25-19(22-17)23-26(20(25)28)13-18(27)21-15-5-7-16(29-2)8-6-15/h5-9,11,14H,3-4,10,12-13H2,1-2H3,(H,21,27). The van der Waals surface area contributed by atoms with Gasteiger partial charge in [-0.05, 0) is 49.1 Å². The maximum absolute atomic E-state index is 12.6. The van der Waals surface area contributed by atoms with Gasteiger partial charge in [0.1, 0.15) is 18.1 Å². The number of benzene rings is 1. The molecule has 2 aromatic heterocycles. The average molecular weight is 396 g/mol. The maximum Gasteiger partial charge on any atom is 0.352 e. The SMILES string of the molecule is COc1ccc(NC(=O)Cn2nc3nc(N4CCCC(C)C4)ccn3c2=O)cc1. The number of piperidine rings is 1. The van der Waals surface area contributed by atoms with Gasteiger partial charge in [0, 0.05) is 25.0 Å². The van der Waals surface area contributed by atoms with E-state index in [4.69, 9.17) is 4.74 Å². The molecule has 1 aliphatic rings. The Labute approximate surface area is 167 Å². The van der Waals surface area contributed by atoms with E-state index in [2.05, 4.69) is 27.2 Å². The summed E-state index contributed by atoms with van der Waals surface area (Å²) in [6.45, 7) is 3.93. The van der Waals surface area contributed by atoms with Gasteiger partial charge in [-0.1, -0.05) is 6.92 Å². The molecule has 0 aliphatic carbocycles. The van der Waals surface area contributed by atoms with E-state index >= 15 is 0 Å². The zero-order valence-electron chi connectivity index (χ0n) is 16.5. The molecule has 152 valence electrons. The van der Waals surface area contributed by atoms with Crippen LogP contribution in [0.3, 0.4) is 0 Å². The molecule has 1 unspecified atom stereocenters. The molecule has 1 N–H and O–H groups in total. The van der Waals surface area contributed by atoms with Crippen LogP contribution in [0.25, 0.3) is 5.78 Å². The van der Waals surface area contributed by atoms with Crippen molar-refractivity contribution in [1.82, 2.24) is 19.2 Å². The Bertz CT molecular complexity index is 1070. The van der Waals surface area contributed by atoms with E-state index in [-0.39, 0.29) is 12.5 Å². The van der Waals surface area contributed by atoms with Crippen molar-refractivity contribution in [2.24, 2.45) is 5.92 Å². The average Bonchev–Trinajstić information content (AvgIpc) is 3.03. The molecule has 1 fully saturated rings. The van der Waals surface area contributed by atoms with Gasteiger partial charge in [0.15, 0.2) is 0 Å². The van der Waals surface area contributed by atoms with Gasteiger partial charge in [0.05, 0.1) is 7.11 Å². The summed E-state index contributed by atoms with van der Waals surface area (Å²) in [6.07, 6.45) is 4.01. The summed E-state index contributed by atoms with van der Waals surface area (Å²) in [5.41, 5.74) is 0.225. The van der Waals surface area contributed by atoms with Gasteiger partial charge in [0.2, 0.25) is 5.91 Å². The minimum Gasteiger partial charge on any atom is -0.497 e. The summed E-state index contributed by atoms with van der Waals surface area (Å²) in [5.74, 6) is 2.07. The van der Waals surface area contributed by atoms with Crippen LogP contribution in [0.1, 0.15) is 19.8 Å². The van der Waals surface area contributed by atoms with Gasteiger partial charge in [-0.25, -0.2) is 13.9 Å². The van der Waals surface area contributed by atoms with Gasteiger partial charge in [0.25, 0.3) is 5.78 Å². The molecule has 1 aromatic carbocycles. The molecule has 0 spiro atoms. The first-order chi connectivity index (χ1) is 14.0. The highest BCUT2D eigenvalue weighted by atomic mass is 16.5. The van der Waals surface area contributed by atoms with Crippen LogP contribution in [0.15, 0.2) is 41.3 Å². The Kier molecular flexibility index (Phi) is 5.20. The summed E-state index contributed by atoms with van der Waals surface area (Å²) in [7, 11) is 1.58. The Morgan fingerprint density at radius 2 is 2.07 bits per heavy atom. The second-order valence-electron chi connectivity index (χ2n) is 7.37. The lowest BCUT2D eigenvalue weighted by molar-refractivity contribution is -0.117. The van der Waals surface area contributed by atoms with Crippen LogP contribution in [0.2, 0.25) is 0 Å². The predicted octanol–water partition coefficient (Wildman–Crippen LogP) is 1.77. The van der Waals surface area contributed by atoms with Crippen LogP contribution in [0, 0.1) is 5.92 Å². The summed E-state index contributed by atoms with van der Waals surface area (Å²) < 4.78 is 7.58. The number of fused-ring (bicyclic) bond motifs is 1. The molecule has 9 nitrogen and oxygen atoms in total. The second-order valence-corrected chi connectivity index (χ2v) is 7.37. The summed E-state index contributed by atoms with van der Waals surface area (Å²) in [4.78, 5) is 31.6. The molecule has 0 saturated carbocycles. The number of hydrogen-bond acceptors (Lipinski definition) is 6. The Morgan fingerprint density at radius 1 is 1.28 bits per heavy atom. The lowest BCUT2D eigenvalue weighted by Gasteiger charge is -2.31. The molecular weight excluding hydrogens is 372 g/mol. The van der Waals surface area contributed by atoms with Gasteiger partial charge < -0.3 is 15.0 Å². The van der Waals surface area contributed by atoms with Crippen LogP contribution in [-0.2, 0) is 11.3 Å². The van der Waals surface area contributed by atoms with E-state index in [1.807, 2.05) is 6.07 Å². The van der Waals surface area contributed by atoms with E-state index in [1.165, 1.54) is 10.8 Å². The van der Waals surface area contributed by atoms with Crippen molar-refractivity contribution in [2.45, 2.75) is 26.3 Å². The monoisotopic (exact) mass is 396 g/mol. The third-order valence-corrected chi connectivity index (χ3v) is 5.09. The maximum atomic E-state index is 12.6. The summed E-state index contributed by atoms with van der Waals surface area (Å²) in [6, 6.07) is 8.79. The number of rotatable bonds is 5. The van der Waals surface area contributed by atoms with Gasteiger partial charge >= 0.3 is 5.69 Å². The number of aromatic nitrogens is 4. The highest BCUT2D eigenvalue weighted by Crippen LogP contribution is 2.21. The molecule has 1 saturated heterocycles. The lowest BCUT2D eigenvalue weighted by atomic mass is 10.0. The molecule has 0 radical (unpaired) electrons. The van der Waals surface area contributed by atoms with Crippen LogP contribution in [0.4, 0.5) is 11.5 Å². The Hall–Kier alpha value is -3.36. The predicted molar refractivity (Wildman–Crippen MR) is 109 cm³/mol. The number of methoxy groups -OCH3 is 1. The number of hydrogen-bond donors (Lipinski definition) is 1. The lowest BCUT2D eigenvalue weighted by Crippen LogP contribution is -2.34. The van der Waals surface area contributed by atoms with Gasteiger partial charge in [-0.3, -0.25) is 4.79 Å². The quantitative estimate of drug-likeness (QED) is 0.707. The van der Waals surface area contributed by atoms with E-state index in [9.17, 15) is 9.59 Å². The number of amides is 1. The Morgan fingerprint density at radius 3 is 2.79 bits per heavy atom. The van der Waals surface area contributed by atoms with E-state index in [0.717, 1.165) is 30.0 Å². The van der Waals surface area contributed by atoms with Crippen LogP contribution in [-0.4, -0.2) is 45.3 Å². The molecule has 1 aliphatic heterocycles. The first-order valence-corrected chi connectivity index (χ1v) is 9.68. The fourth-order valence-corrected chi connectivity index (χ4v) is 3.58. The minimum atomic E-state index is -0.393. The van der Waals surface area contributed by atoms with Crippen molar-refractivity contribution in [1.29, 1.82) is 0 Å². The van der Waals surface area contributed by atoms with E-state index < -0.39 is 5.69 Å². The first-order valence-electron chi connectivity index (χ1n) is 9.68. The molecule has 1 atom stereocenters. The highest BCUT2D eigenvalue weighted by Gasteiger charge is 2.19. The smallest absolute Gasteiger partial charge is 0.352 e. The van der Waals surface area contributed by atoms with Crippen molar-refractivity contribution >= 4 is 23.2 Å². The van der Waals surface area contributed by atoms with Crippen molar-refractivity contribution in [3.8, 4) is 5.75 Å². The molecular formula is C20H24N6O3. The zero-order chi connectivity index (χ0) is 20.4. The molecule has 0 bridgehead atoms. The van der Waals surface area contributed by atoms with Gasteiger partial charge in [-0.2, -0.15) is 4.98 Å². The van der Waals surface area contributed by atoms with Crippen molar-refractivity contribution in [3.63, 3.8) is 0 Å². The molecule has 3 aromatic rings. The van der Waals surface area contributed by atoms with Crippen LogP contribution >= 0.6 is 0 Å². The van der Waals surface area contributed by atoms with Gasteiger partial charge in [-0.15, -0.1) is 5.10 Å². The van der Waals surface area contributed by atoms with Crippen LogP contribution < -0.4 is 20.6 Å². The third kappa shape index (κ3) is 4.08. The molecule has 4 rings (SSSR count). The molecule has 3 heterocycles. The highest BCUT2D eigenvalue weighted by molar-refractivity contribution is 5.90. The number of anilines is 2. The van der Waals surface area contributed by atoms with Crippen molar-refractivity contribution < 1.29 is 9.53 Å². The number of ether oxygens (including phenoxy) is 1. The minimum absolute atomic E-state index is 0.190. The normalized spacial score (nSPS) is 16.8. The number of nitrogens with one attached hydrogen (secondary N) is 1. The summed E-state index contributed by atoms with van der Waals surface area (Å²) in [5, 5.41) is 6.99. The first kappa shape index (κ1) is 19.0. The number of carbonyl (C=O) groups is 1. The second kappa shape index (κ2) is 7.94. The zero-order valence-corrected chi connectivity index (χ0v) is 16.5. The molecule has 29 heavy (non-hydrogen) atoms. The van der Waals surface area contributed by atoms with Crippen molar-refractivity contribution in [3.05, 3.63) is 47.0 Å². The van der Waals surface area contributed by atoms with E-state index in [0.29, 0.717) is 23.1 Å². The fraction of sp³-hybridized carbons (Fsp3) is 0.400. The molecule has 9 heteroatoms. The number of carbonyl (C=O) groups excluding carboxylic acids is 1. The fourth-order valence-electron chi connectivity index (χ4n) is 3.58. The van der Waals surface area contributed by atoms with Crippen LogP contribution in [0.5, 0.6) is 5.75 Å².